The van der Waals surface area contributed by atoms with Gasteiger partial charge in [0.1, 0.15) is 11.9 Å². The lowest BCUT2D eigenvalue weighted by molar-refractivity contribution is -0.126. The van der Waals surface area contributed by atoms with Crippen LogP contribution in [0.5, 0.6) is 0 Å². The molecule has 1 unspecified atom stereocenters. The number of hydrogen-bond donors (Lipinski definition) is 1. The van der Waals surface area contributed by atoms with E-state index in [2.05, 4.69) is 10.3 Å². The Morgan fingerprint density at radius 2 is 2.15 bits per heavy atom. The molecule has 138 valence electrons. The van der Waals surface area contributed by atoms with Crippen molar-refractivity contribution in [1.29, 1.82) is 0 Å². The molecule has 1 saturated heterocycles. The van der Waals surface area contributed by atoms with Crippen LogP contribution in [0.15, 0.2) is 41.1 Å². The third-order valence-electron chi connectivity index (χ3n) is 4.54. The predicted octanol–water partition coefficient (Wildman–Crippen LogP) is 2.05. The molecule has 2 amide bonds. The standard InChI is InChI=1S/C19H24N4O3/c1-22(2)17-14(7-5-10-20-17)13-21-18(24)15-8-3-4-11-23(15)19(25)16-9-6-12-26-16/h5-7,9-10,12,15H,3-4,8,11,13H2,1-2H3,(H,21,24). The lowest BCUT2D eigenvalue weighted by atomic mass is 10.0. The SMILES string of the molecule is CN(C)c1ncccc1CNC(=O)C1CCCCN1C(=O)c1ccco1. The molecule has 0 aliphatic carbocycles. The number of pyridine rings is 1. The number of hydrogen-bond acceptors (Lipinski definition) is 5. The van der Waals surface area contributed by atoms with Crippen LogP contribution in [0.3, 0.4) is 0 Å². The van der Waals surface area contributed by atoms with E-state index in [0.717, 1.165) is 24.2 Å². The zero-order chi connectivity index (χ0) is 18.5. The van der Waals surface area contributed by atoms with E-state index in [0.29, 0.717) is 19.5 Å². The fourth-order valence-electron chi connectivity index (χ4n) is 3.26. The summed E-state index contributed by atoms with van der Waals surface area (Å²) >= 11 is 0. The van der Waals surface area contributed by atoms with Gasteiger partial charge in [0.25, 0.3) is 5.91 Å². The van der Waals surface area contributed by atoms with Crippen LogP contribution in [0.25, 0.3) is 0 Å². The van der Waals surface area contributed by atoms with Gasteiger partial charge < -0.3 is 19.5 Å². The number of carbonyl (C=O) groups excluding carboxylic acids is 2. The number of nitrogens with one attached hydrogen (secondary N) is 1. The van der Waals surface area contributed by atoms with Crippen LogP contribution in [0.2, 0.25) is 0 Å². The van der Waals surface area contributed by atoms with Crippen LogP contribution < -0.4 is 10.2 Å². The summed E-state index contributed by atoms with van der Waals surface area (Å²) in [5.74, 6) is 0.718. The minimum atomic E-state index is -0.471. The maximum Gasteiger partial charge on any atom is 0.290 e. The zero-order valence-corrected chi connectivity index (χ0v) is 15.1. The lowest BCUT2D eigenvalue weighted by Crippen LogP contribution is -2.51. The molecule has 0 saturated carbocycles. The highest BCUT2D eigenvalue weighted by Crippen LogP contribution is 2.21. The molecule has 26 heavy (non-hydrogen) atoms. The number of carbonyl (C=O) groups is 2. The van der Waals surface area contributed by atoms with Crippen molar-refractivity contribution in [2.45, 2.75) is 31.8 Å². The van der Waals surface area contributed by atoms with E-state index in [9.17, 15) is 9.59 Å². The molecule has 3 rings (SSSR count). The number of likely N-dealkylation sites (tertiary alicyclic amines) is 1. The Bertz CT molecular complexity index is 758. The third-order valence-corrected chi connectivity index (χ3v) is 4.54. The molecule has 1 atom stereocenters. The molecular formula is C19H24N4O3. The first-order valence-electron chi connectivity index (χ1n) is 8.81. The van der Waals surface area contributed by atoms with Crippen LogP contribution in [0.4, 0.5) is 5.82 Å². The summed E-state index contributed by atoms with van der Waals surface area (Å²) < 4.78 is 5.21. The van der Waals surface area contributed by atoms with E-state index in [1.165, 1.54) is 6.26 Å². The molecular weight excluding hydrogens is 332 g/mol. The molecule has 0 radical (unpaired) electrons. The lowest BCUT2D eigenvalue weighted by Gasteiger charge is -2.34. The number of rotatable bonds is 5. The van der Waals surface area contributed by atoms with Crippen molar-refractivity contribution in [3.05, 3.63) is 48.0 Å². The summed E-state index contributed by atoms with van der Waals surface area (Å²) in [6.07, 6.45) is 5.67. The molecule has 7 heteroatoms. The van der Waals surface area contributed by atoms with Gasteiger partial charge >= 0.3 is 0 Å². The molecule has 0 aromatic carbocycles. The first-order chi connectivity index (χ1) is 12.6. The van der Waals surface area contributed by atoms with Gasteiger partial charge in [0, 0.05) is 38.9 Å². The van der Waals surface area contributed by atoms with Gasteiger partial charge in [-0.15, -0.1) is 0 Å². The Hall–Kier alpha value is -2.83. The number of nitrogens with zero attached hydrogens (tertiary/aromatic N) is 3. The summed E-state index contributed by atoms with van der Waals surface area (Å²) in [5, 5.41) is 2.96. The molecule has 1 aliphatic heterocycles. The van der Waals surface area contributed by atoms with Gasteiger partial charge in [-0.05, 0) is 37.5 Å². The van der Waals surface area contributed by atoms with Crippen LogP contribution in [0, 0.1) is 0 Å². The van der Waals surface area contributed by atoms with E-state index in [4.69, 9.17) is 4.42 Å². The summed E-state index contributed by atoms with van der Waals surface area (Å²) in [4.78, 5) is 33.3. The van der Waals surface area contributed by atoms with E-state index in [-0.39, 0.29) is 17.6 Å². The molecule has 0 bridgehead atoms. The van der Waals surface area contributed by atoms with Gasteiger partial charge in [0.15, 0.2) is 5.76 Å². The van der Waals surface area contributed by atoms with Crippen molar-refractivity contribution >= 4 is 17.6 Å². The Morgan fingerprint density at radius 3 is 2.88 bits per heavy atom. The predicted molar refractivity (Wildman–Crippen MR) is 97.8 cm³/mol. The van der Waals surface area contributed by atoms with Crippen molar-refractivity contribution in [2.24, 2.45) is 0 Å². The second-order valence-corrected chi connectivity index (χ2v) is 6.59. The van der Waals surface area contributed by atoms with E-state index in [1.807, 2.05) is 31.1 Å². The molecule has 3 heterocycles. The Kier molecular flexibility index (Phi) is 5.55. The van der Waals surface area contributed by atoms with E-state index < -0.39 is 6.04 Å². The van der Waals surface area contributed by atoms with Gasteiger partial charge in [-0.25, -0.2) is 4.98 Å². The topological polar surface area (TPSA) is 78.7 Å². The molecule has 1 fully saturated rings. The minimum absolute atomic E-state index is 0.141. The van der Waals surface area contributed by atoms with Gasteiger partial charge in [-0.1, -0.05) is 6.07 Å². The van der Waals surface area contributed by atoms with Gasteiger partial charge in [-0.3, -0.25) is 9.59 Å². The highest BCUT2D eigenvalue weighted by Gasteiger charge is 2.33. The molecule has 1 aliphatic rings. The number of anilines is 1. The normalized spacial score (nSPS) is 17.0. The third kappa shape index (κ3) is 3.87. The Balaban J connectivity index is 1.69. The Morgan fingerprint density at radius 1 is 1.31 bits per heavy atom. The summed E-state index contributed by atoms with van der Waals surface area (Å²) in [7, 11) is 3.83. The van der Waals surface area contributed by atoms with Crippen LogP contribution in [0.1, 0.15) is 35.4 Å². The van der Waals surface area contributed by atoms with Gasteiger partial charge in [0.05, 0.1) is 6.26 Å². The van der Waals surface area contributed by atoms with Crippen LogP contribution in [-0.4, -0.2) is 48.4 Å². The van der Waals surface area contributed by atoms with Gasteiger partial charge in [0.2, 0.25) is 5.91 Å². The molecule has 0 spiro atoms. The second kappa shape index (κ2) is 8.03. The minimum Gasteiger partial charge on any atom is -0.459 e. The van der Waals surface area contributed by atoms with Crippen molar-refractivity contribution in [1.82, 2.24) is 15.2 Å². The van der Waals surface area contributed by atoms with Crippen molar-refractivity contribution in [2.75, 3.05) is 25.5 Å². The number of furan rings is 1. The zero-order valence-electron chi connectivity index (χ0n) is 15.1. The summed E-state index contributed by atoms with van der Waals surface area (Å²) in [5.41, 5.74) is 0.936. The maximum atomic E-state index is 12.8. The second-order valence-electron chi connectivity index (χ2n) is 6.59. The van der Waals surface area contributed by atoms with Crippen molar-refractivity contribution < 1.29 is 14.0 Å². The van der Waals surface area contributed by atoms with Crippen LogP contribution in [-0.2, 0) is 11.3 Å². The average Bonchev–Trinajstić information content (AvgIpc) is 3.20. The first kappa shape index (κ1) is 18.0. The monoisotopic (exact) mass is 356 g/mol. The molecule has 1 N–H and O–H groups in total. The van der Waals surface area contributed by atoms with Crippen LogP contribution >= 0.6 is 0 Å². The quantitative estimate of drug-likeness (QED) is 0.887. The maximum absolute atomic E-state index is 12.8. The summed E-state index contributed by atoms with van der Waals surface area (Å²) in [6.45, 7) is 0.937. The fourth-order valence-corrected chi connectivity index (χ4v) is 3.26. The molecule has 2 aromatic heterocycles. The van der Waals surface area contributed by atoms with Gasteiger partial charge in [-0.2, -0.15) is 0 Å². The first-order valence-corrected chi connectivity index (χ1v) is 8.81. The smallest absolute Gasteiger partial charge is 0.290 e. The largest absolute Gasteiger partial charge is 0.459 e. The molecule has 7 nitrogen and oxygen atoms in total. The summed E-state index contributed by atoms with van der Waals surface area (Å²) in [6, 6.07) is 6.63. The fraction of sp³-hybridized carbons (Fsp3) is 0.421. The number of piperidine rings is 1. The highest BCUT2D eigenvalue weighted by atomic mass is 16.3. The van der Waals surface area contributed by atoms with E-state index >= 15 is 0 Å². The average molecular weight is 356 g/mol. The Labute approximate surface area is 153 Å². The number of amides is 2. The molecule has 2 aromatic rings. The van der Waals surface area contributed by atoms with Crippen molar-refractivity contribution in [3.8, 4) is 0 Å². The highest BCUT2D eigenvalue weighted by molar-refractivity contribution is 5.95. The van der Waals surface area contributed by atoms with Crippen molar-refractivity contribution in [3.63, 3.8) is 0 Å². The van der Waals surface area contributed by atoms with E-state index in [1.54, 1.807) is 23.2 Å². The number of aromatic nitrogens is 1.